The molecule has 0 bridgehead atoms. The van der Waals surface area contributed by atoms with Gasteiger partial charge in [-0.3, -0.25) is 0 Å². The number of hydrogen-bond donors (Lipinski definition) is 1. The number of aryl methyl sites for hydroxylation is 1. The van der Waals surface area contributed by atoms with Crippen LogP contribution in [0.4, 0.5) is 5.82 Å². The second-order valence-corrected chi connectivity index (χ2v) is 4.47. The number of anilines is 1. The minimum Gasteiger partial charge on any atom is -0.481 e. The molecule has 1 saturated carbocycles. The molecule has 0 aliphatic heterocycles. The molecule has 0 aromatic carbocycles. The van der Waals surface area contributed by atoms with Crippen LogP contribution in [0.15, 0.2) is 6.07 Å². The Morgan fingerprint density at radius 2 is 2.29 bits per heavy atom. The number of aromatic nitrogens is 2. The zero-order valence-corrected chi connectivity index (χ0v) is 10.3. The van der Waals surface area contributed by atoms with Gasteiger partial charge in [-0.05, 0) is 12.8 Å². The number of methoxy groups -OCH3 is 1. The molecule has 5 heteroatoms. The van der Waals surface area contributed by atoms with E-state index in [2.05, 4.69) is 16.5 Å². The first-order valence-electron chi connectivity index (χ1n) is 5.98. The van der Waals surface area contributed by atoms with Crippen LogP contribution in [0.1, 0.15) is 25.7 Å². The molecule has 1 aliphatic carbocycles. The number of nitrogens with zero attached hydrogens (tertiary/aromatic N) is 3. The van der Waals surface area contributed by atoms with Crippen LogP contribution >= 0.6 is 0 Å². The van der Waals surface area contributed by atoms with Crippen molar-refractivity contribution in [3.63, 3.8) is 0 Å². The first-order valence-corrected chi connectivity index (χ1v) is 5.98. The number of rotatable bonds is 3. The maximum atomic E-state index is 9.11. The maximum absolute atomic E-state index is 9.11. The van der Waals surface area contributed by atoms with Crippen molar-refractivity contribution in [2.24, 2.45) is 13.0 Å². The van der Waals surface area contributed by atoms with Crippen molar-refractivity contribution in [1.82, 2.24) is 9.78 Å². The van der Waals surface area contributed by atoms with Gasteiger partial charge in [-0.1, -0.05) is 12.8 Å². The third-order valence-electron chi connectivity index (χ3n) is 3.31. The van der Waals surface area contributed by atoms with E-state index in [4.69, 9.17) is 10.00 Å². The number of nitriles is 1. The predicted octanol–water partition coefficient (Wildman–Crippen LogP) is 1.92. The first-order chi connectivity index (χ1) is 8.24. The van der Waals surface area contributed by atoms with Crippen molar-refractivity contribution in [3.8, 4) is 11.9 Å². The lowest BCUT2D eigenvalue weighted by Gasteiger charge is -2.27. The van der Waals surface area contributed by atoms with E-state index in [1.165, 1.54) is 6.42 Å². The van der Waals surface area contributed by atoms with Crippen LogP contribution in [0.25, 0.3) is 0 Å². The Balaban J connectivity index is 2.06. The highest BCUT2D eigenvalue weighted by molar-refractivity contribution is 5.40. The average molecular weight is 234 g/mol. The van der Waals surface area contributed by atoms with Gasteiger partial charge >= 0.3 is 0 Å². The second kappa shape index (κ2) is 5.09. The molecule has 1 aromatic rings. The Morgan fingerprint density at radius 1 is 1.53 bits per heavy atom. The van der Waals surface area contributed by atoms with Crippen molar-refractivity contribution >= 4 is 5.82 Å². The fourth-order valence-electron chi connectivity index (χ4n) is 2.36. The third kappa shape index (κ3) is 2.52. The van der Waals surface area contributed by atoms with Gasteiger partial charge in [0.2, 0.25) is 5.88 Å². The lowest BCUT2D eigenvalue weighted by Crippen LogP contribution is -2.31. The third-order valence-corrected chi connectivity index (χ3v) is 3.31. The summed E-state index contributed by atoms with van der Waals surface area (Å²) in [4.78, 5) is 0. The van der Waals surface area contributed by atoms with Gasteiger partial charge in [0.05, 0.1) is 19.1 Å². The molecule has 92 valence electrons. The molecule has 5 nitrogen and oxygen atoms in total. The fourth-order valence-corrected chi connectivity index (χ4v) is 2.36. The van der Waals surface area contributed by atoms with Crippen LogP contribution in [0.2, 0.25) is 0 Å². The Labute approximate surface area is 101 Å². The van der Waals surface area contributed by atoms with Gasteiger partial charge in [0, 0.05) is 19.2 Å². The average Bonchev–Trinajstić information content (AvgIpc) is 2.70. The quantitative estimate of drug-likeness (QED) is 0.868. The Kier molecular flexibility index (Phi) is 3.52. The van der Waals surface area contributed by atoms with Crippen LogP contribution in [-0.2, 0) is 7.05 Å². The van der Waals surface area contributed by atoms with E-state index in [1.54, 1.807) is 11.8 Å². The summed E-state index contributed by atoms with van der Waals surface area (Å²) in [6.45, 7) is 0. The predicted molar refractivity (Wildman–Crippen MR) is 64.7 cm³/mol. The maximum Gasteiger partial charge on any atom is 0.213 e. The van der Waals surface area contributed by atoms with Gasteiger partial charge in [0.1, 0.15) is 0 Å². The molecule has 1 heterocycles. The largest absolute Gasteiger partial charge is 0.481 e. The highest BCUT2D eigenvalue weighted by atomic mass is 16.5. The van der Waals surface area contributed by atoms with E-state index in [1.807, 2.05) is 13.1 Å². The van der Waals surface area contributed by atoms with Crippen LogP contribution in [-0.4, -0.2) is 22.9 Å². The van der Waals surface area contributed by atoms with Gasteiger partial charge in [0.25, 0.3) is 0 Å². The summed E-state index contributed by atoms with van der Waals surface area (Å²) >= 11 is 0. The summed E-state index contributed by atoms with van der Waals surface area (Å²) in [5.41, 5.74) is 0. The van der Waals surface area contributed by atoms with Gasteiger partial charge in [-0.15, -0.1) is 0 Å². The van der Waals surface area contributed by atoms with E-state index in [-0.39, 0.29) is 12.0 Å². The molecule has 1 aliphatic rings. The molecular formula is C12H18N4O. The molecule has 17 heavy (non-hydrogen) atoms. The zero-order chi connectivity index (χ0) is 12.3. The molecule has 0 spiro atoms. The highest BCUT2D eigenvalue weighted by Crippen LogP contribution is 2.27. The van der Waals surface area contributed by atoms with Crippen LogP contribution in [0.5, 0.6) is 5.88 Å². The molecule has 1 aromatic heterocycles. The van der Waals surface area contributed by atoms with E-state index in [9.17, 15) is 0 Å². The molecule has 1 N–H and O–H groups in total. The summed E-state index contributed by atoms with van der Waals surface area (Å²) < 4.78 is 6.85. The monoisotopic (exact) mass is 234 g/mol. The molecular weight excluding hydrogens is 216 g/mol. The van der Waals surface area contributed by atoms with Crippen LogP contribution < -0.4 is 10.1 Å². The Bertz CT molecular complexity index is 421. The van der Waals surface area contributed by atoms with Crippen molar-refractivity contribution in [2.75, 3.05) is 12.4 Å². The molecule has 0 radical (unpaired) electrons. The SMILES string of the molecule is COc1cc(NC2CCCCC2C#N)nn1C. The number of nitrogens with one attached hydrogen (secondary N) is 1. The minimum absolute atomic E-state index is 0.0942. The van der Waals surface area contributed by atoms with Crippen molar-refractivity contribution in [3.05, 3.63) is 6.07 Å². The van der Waals surface area contributed by atoms with Crippen LogP contribution in [0, 0.1) is 17.2 Å². The molecule has 1 fully saturated rings. The van der Waals surface area contributed by atoms with Crippen molar-refractivity contribution in [1.29, 1.82) is 5.26 Å². The zero-order valence-electron chi connectivity index (χ0n) is 10.3. The number of hydrogen-bond acceptors (Lipinski definition) is 4. The van der Waals surface area contributed by atoms with Crippen LogP contribution in [0.3, 0.4) is 0 Å². The smallest absolute Gasteiger partial charge is 0.213 e. The molecule has 0 amide bonds. The van der Waals surface area contributed by atoms with E-state index in [0.717, 1.165) is 31.0 Å². The molecule has 2 atom stereocenters. The van der Waals surface area contributed by atoms with Gasteiger partial charge < -0.3 is 10.1 Å². The Morgan fingerprint density at radius 3 is 2.94 bits per heavy atom. The lowest BCUT2D eigenvalue weighted by atomic mass is 9.85. The van der Waals surface area contributed by atoms with Crippen molar-refractivity contribution in [2.45, 2.75) is 31.7 Å². The highest BCUT2D eigenvalue weighted by Gasteiger charge is 2.25. The topological polar surface area (TPSA) is 62.9 Å². The molecule has 2 unspecified atom stereocenters. The Hall–Kier alpha value is -1.70. The van der Waals surface area contributed by atoms with E-state index < -0.39 is 0 Å². The molecule has 2 rings (SSSR count). The summed E-state index contributed by atoms with van der Waals surface area (Å²) in [7, 11) is 3.46. The second-order valence-electron chi connectivity index (χ2n) is 4.47. The van der Waals surface area contributed by atoms with Crippen molar-refractivity contribution < 1.29 is 4.74 Å². The fraction of sp³-hybridized carbons (Fsp3) is 0.667. The summed E-state index contributed by atoms with van der Waals surface area (Å²) in [6, 6.07) is 4.46. The van der Waals surface area contributed by atoms with Gasteiger partial charge in [-0.25, -0.2) is 4.68 Å². The van der Waals surface area contributed by atoms with E-state index >= 15 is 0 Å². The summed E-state index contributed by atoms with van der Waals surface area (Å²) in [5, 5.41) is 16.8. The van der Waals surface area contributed by atoms with E-state index in [0.29, 0.717) is 0 Å². The molecule has 0 saturated heterocycles. The standard InChI is InChI=1S/C12H18N4O/c1-16-12(17-2)7-11(15-16)14-10-6-4-3-5-9(10)8-13/h7,9-10H,3-6H2,1-2H3,(H,14,15). The lowest BCUT2D eigenvalue weighted by molar-refractivity contribution is 0.373. The summed E-state index contributed by atoms with van der Waals surface area (Å²) in [5.74, 6) is 1.60. The normalized spacial score (nSPS) is 24.1. The van der Waals surface area contributed by atoms with Gasteiger partial charge in [-0.2, -0.15) is 10.4 Å². The first kappa shape index (κ1) is 11.8. The summed E-state index contributed by atoms with van der Waals surface area (Å²) in [6.07, 6.45) is 4.36. The minimum atomic E-state index is 0.0942. The van der Waals surface area contributed by atoms with Gasteiger partial charge in [0.15, 0.2) is 5.82 Å². The number of ether oxygens (including phenoxy) is 1.